The summed E-state index contributed by atoms with van der Waals surface area (Å²) in [7, 11) is 0. The second kappa shape index (κ2) is 7.00. The molecule has 4 aliphatic rings. The number of aliphatic hydroxyl groups is 3. The topological polar surface area (TPSA) is 130 Å². The van der Waals surface area contributed by atoms with Crippen molar-refractivity contribution < 1.29 is 39.2 Å². The highest BCUT2D eigenvalue weighted by Gasteiger charge is 2.82. The van der Waals surface area contributed by atoms with E-state index >= 15 is 0 Å². The van der Waals surface area contributed by atoms with Crippen LogP contribution in [0.25, 0.3) is 0 Å². The van der Waals surface area contributed by atoms with Crippen LogP contribution in [0, 0.1) is 34.0 Å². The maximum atomic E-state index is 13.8. The van der Waals surface area contributed by atoms with Crippen molar-refractivity contribution in [2.75, 3.05) is 0 Å². The Kier molecular flexibility index (Phi) is 5.17. The molecule has 0 unspecified atom stereocenters. The summed E-state index contributed by atoms with van der Waals surface area (Å²) in [5, 5.41) is 34.4. The number of hydrogen-bond acceptors (Lipinski definition) is 8. The van der Waals surface area contributed by atoms with Crippen molar-refractivity contribution in [3.63, 3.8) is 0 Å². The van der Waals surface area contributed by atoms with Gasteiger partial charge in [-0.25, -0.2) is 0 Å². The third-order valence-corrected chi connectivity index (χ3v) is 9.66. The molecule has 0 aromatic carbocycles. The van der Waals surface area contributed by atoms with Crippen molar-refractivity contribution in [1.29, 1.82) is 0 Å². The van der Waals surface area contributed by atoms with Crippen molar-refractivity contribution in [3.8, 4) is 0 Å². The second-order valence-corrected chi connectivity index (χ2v) is 11.5. The lowest BCUT2D eigenvalue weighted by molar-refractivity contribution is -0.296. The average Bonchev–Trinajstić information content (AvgIpc) is 2.75. The van der Waals surface area contributed by atoms with Gasteiger partial charge in [-0.15, -0.1) is 0 Å². The standard InChI is InChI=1S/C24H36O8/c1-11-19(28)24-16(27)9-15-21(4,5)8-7-17(32-13(3)26)22(15,6)18(24)14(31-12(2)25)10-23(11,30)20(24)29/h11,14-18,20,27,29-30H,7-10H2,1-6H3/t11-,14+,15+,16+,17+,18+,20+,22-,23+,24-/m0/s1. The maximum Gasteiger partial charge on any atom is 0.302 e. The zero-order valence-electron chi connectivity index (χ0n) is 19.8. The Hall–Kier alpha value is -1.51. The number of rotatable bonds is 2. The molecule has 0 radical (unpaired) electrons. The Morgan fingerprint density at radius 2 is 1.66 bits per heavy atom. The van der Waals surface area contributed by atoms with Crippen molar-refractivity contribution >= 4 is 17.7 Å². The highest BCUT2D eigenvalue weighted by molar-refractivity contribution is 5.94. The number of Topliss-reactive ketones (excluding diaryl/α,β-unsaturated/α-hetero) is 1. The Morgan fingerprint density at radius 3 is 2.22 bits per heavy atom. The van der Waals surface area contributed by atoms with E-state index in [-0.39, 0.29) is 24.2 Å². The van der Waals surface area contributed by atoms with E-state index in [1.165, 1.54) is 13.8 Å². The third-order valence-electron chi connectivity index (χ3n) is 9.66. The van der Waals surface area contributed by atoms with Gasteiger partial charge in [0.05, 0.1) is 17.6 Å². The molecule has 4 aliphatic carbocycles. The molecule has 4 saturated carbocycles. The molecule has 10 atom stereocenters. The van der Waals surface area contributed by atoms with E-state index in [9.17, 15) is 29.7 Å². The smallest absolute Gasteiger partial charge is 0.302 e. The summed E-state index contributed by atoms with van der Waals surface area (Å²) in [4.78, 5) is 37.9. The average molecular weight is 453 g/mol. The molecule has 1 spiro atoms. The molecule has 2 bridgehead atoms. The minimum absolute atomic E-state index is 0.116. The molecule has 0 heterocycles. The van der Waals surface area contributed by atoms with Crippen LogP contribution in [0.4, 0.5) is 0 Å². The fourth-order valence-electron chi connectivity index (χ4n) is 8.39. The number of carbonyl (C=O) groups is 3. The highest BCUT2D eigenvalue weighted by atomic mass is 16.6. The van der Waals surface area contributed by atoms with E-state index in [2.05, 4.69) is 13.8 Å². The van der Waals surface area contributed by atoms with Gasteiger partial charge in [0.15, 0.2) is 5.78 Å². The third kappa shape index (κ3) is 2.69. The first-order valence-electron chi connectivity index (χ1n) is 11.6. The number of carbonyl (C=O) groups excluding carboxylic acids is 3. The van der Waals surface area contributed by atoms with Crippen LogP contribution in [0.1, 0.15) is 67.2 Å². The zero-order valence-corrected chi connectivity index (χ0v) is 19.8. The summed E-state index contributed by atoms with van der Waals surface area (Å²) in [5.74, 6) is -3.34. The van der Waals surface area contributed by atoms with Gasteiger partial charge in [0.1, 0.15) is 17.8 Å². The van der Waals surface area contributed by atoms with Gasteiger partial charge in [0.25, 0.3) is 0 Å². The SMILES string of the molecule is CC(=O)O[C@@H]1C[C@]2(O)[C@@H](O)[C@@]3(C(=O)[C@@H]2C)[C@H](O)C[C@@H]2C(C)(C)CC[C@@H](OC(C)=O)[C@@]2(C)[C@@H]13. The lowest BCUT2D eigenvalue weighted by atomic mass is 9.38. The number of aliphatic hydroxyl groups excluding tert-OH is 2. The van der Waals surface area contributed by atoms with Crippen molar-refractivity contribution in [2.24, 2.45) is 34.0 Å². The minimum atomic E-state index is -1.81. The van der Waals surface area contributed by atoms with E-state index in [0.29, 0.717) is 6.42 Å². The van der Waals surface area contributed by atoms with Gasteiger partial charge in [-0.3, -0.25) is 14.4 Å². The molecule has 4 rings (SSSR count). The maximum absolute atomic E-state index is 13.8. The van der Waals surface area contributed by atoms with Gasteiger partial charge in [-0.1, -0.05) is 27.7 Å². The monoisotopic (exact) mass is 452 g/mol. The number of ether oxygens (including phenoxy) is 2. The number of hydrogen-bond donors (Lipinski definition) is 3. The van der Waals surface area contributed by atoms with Crippen LogP contribution in [-0.2, 0) is 23.9 Å². The molecule has 8 nitrogen and oxygen atoms in total. The fraction of sp³-hybridized carbons (Fsp3) is 0.875. The van der Waals surface area contributed by atoms with Crippen LogP contribution in [0.2, 0.25) is 0 Å². The van der Waals surface area contributed by atoms with E-state index < -0.39 is 70.4 Å². The summed E-state index contributed by atoms with van der Waals surface area (Å²) >= 11 is 0. The van der Waals surface area contributed by atoms with Gasteiger partial charge in [-0.05, 0) is 30.6 Å². The van der Waals surface area contributed by atoms with Crippen LogP contribution in [-0.4, -0.2) is 63.1 Å². The van der Waals surface area contributed by atoms with Crippen LogP contribution in [0.15, 0.2) is 0 Å². The van der Waals surface area contributed by atoms with Gasteiger partial charge in [-0.2, -0.15) is 0 Å². The molecule has 32 heavy (non-hydrogen) atoms. The van der Waals surface area contributed by atoms with E-state index in [0.717, 1.165) is 6.42 Å². The molecule has 0 saturated heterocycles. The molecular weight excluding hydrogens is 416 g/mol. The normalized spacial score (nSPS) is 51.4. The van der Waals surface area contributed by atoms with Crippen molar-refractivity contribution in [3.05, 3.63) is 0 Å². The fourth-order valence-corrected chi connectivity index (χ4v) is 8.39. The van der Waals surface area contributed by atoms with E-state index in [1.54, 1.807) is 6.92 Å². The first-order chi connectivity index (χ1) is 14.6. The van der Waals surface area contributed by atoms with Crippen LogP contribution < -0.4 is 0 Å². The molecule has 3 N–H and O–H groups in total. The number of ketones is 1. The summed E-state index contributed by atoms with van der Waals surface area (Å²) in [6.45, 7) is 10.3. The predicted molar refractivity (Wildman–Crippen MR) is 112 cm³/mol. The predicted octanol–water partition coefficient (Wildman–Crippen LogP) is 1.37. The van der Waals surface area contributed by atoms with E-state index in [4.69, 9.17) is 9.47 Å². The lowest BCUT2D eigenvalue weighted by Gasteiger charge is -2.68. The molecule has 180 valence electrons. The second-order valence-electron chi connectivity index (χ2n) is 11.5. The molecular formula is C24H36O8. The largest absolute Gasteiger partial charge is 0.462 e. The molecule has 8 heteroatoms. The summed E-state index contributed by atoms with van der Waals surface area (Å²) in [5.41, 5.74) is -4.63. The van der Waals surface area contributed by atoms with Crippen molar-refractivity contribution in [1.82, 2.24) is 0 Å². The summed E-state index contributed by atoms with van der Waals surface area (Å²) in [6, 6.07) is 0. The Balaban J connectivity index is 1.99. The Morgan fingerprint density at radius 1 is 1.06 bits per heavy atom. The first kappa shape index (κ1) is 23.6. The summed E-state index contributed by atoms with van der Waals surface area (Å²) in [6.07, 6.45) is -2.81. The van der Waals surface area contributed by atoms with Crippen LogP contribution in [0.5, 0.6) is 0 Å². The molecule has 0 aromatic rings. The number of fused-ring (bicyclic) bond motifs is 3. The van der Waals surface area contributed by atoms with Gasteiger partial charge in [0, 0.05) is 37.5 Å². The highest BCUT2D eigenvalue weighted by Crippen LogP contribution is 2.72. The minimum Gasteiger partial charge on any atom is -0.462 e. The van der Waals surface area contributed by atoms with Crippen LogP contribution >= 0.6 is 0 Å². The van der Waals surface area contributed by atoms with Gasteiger partial charge in [0.2, 0.25) is 0 Å². The van der Waals surface area contributed by atoms with Crippen molar-refractivity contribution in [2.45, 2.75) is 97.2 Å². The van der Waals surface area contributed by atoms with E-state index in [1.807, 2.05) is 6.92 Å². The Bertz CT molecular complexity index is 853. The molecule has 0 aromatic heterocycles. The lowest BCUT2D eigenvalue weighted by Crippen LogP contribution is -2.75. The molecule has 4 fully saturated rings. The quantitative estimate of drug-likeness (QED) is 0.536. The van der Waals surface area contributed by atoms with Gasteiger partial charge < -0.3 is 24.8 Å². The number of esters is 2. The summed E-state index contributed by atoms with van der Waals surface area (Å²) < 4.78 is 11.5. The molecule has 0 amide bonds. The first-order valence-corrected chi connectivity index (χ1v) is 11.6. The zero-order chi connectivity index (χ0) is 24.0. The Labute approximate surface area is 188 Å². The van der Waals surface area contributed by atoms with Gasteiger partial charge >= 0.3 is 11.9 Å². The molecule has 0 aliphatic heterocycles. The van der Waals surface area contributed by atoms with Crippen LogP contribution in [0.3, 0.4) is 0 Å².